The lowest BCUT2D eigenvalue weighted by molar-refractivity contribution is -0.133. The second-order valence-corrected chi connectivity index (χ2v) is 7.36. The van der Waals surface area contributed by atoms with Crippen LogP contribution in [0.5, 0.6) is 0 Å². The number of nitrogens with one attached hydrogen (secondary N) is 2. The number of hydrogen-bond acceptors (Lipinski definition) is 4. The van der Waals surface area contributed by atoms with Crippen LogP contribution in [0, 0.1) is 5.82 Å². The third-order valence-electron chi connectivity index (χ3n) is 5.00. The molecule has 1 aliphatic heterocycles. The Morgan fingerprint density at radius 3 is 2.40 bits per heavy atom. The Morgan fingerprint density at radius 1 is 1.13 bits per heavy atom. The first-order chi connectivity index (χ1) is 14.3. The molecule has 0 spiro atoms. The first-order valence-electron chi connectivity index (χ1n) is 9.82. The Morgan fingerprint density at radius 2 is 1.80 bits per heavy atom. The fraction of sp³-hybridized carbons (Fsp3) is 0.318. The van der Waals surface area contributed by atoms with Crippen molar-refractivity contribution in [3.05, 3.63) is 66.0 Å². The number of aryl methyl sites for hydroxylation is 1. The summed E-state index contributed by atoms with van der Waals surface area (Å²) in [5.41, 5.74) is 7.22. The Balaban J connectivity index is 1.60. The van der Waals surface area contributed by atoms with Crippen LogP contribution < -0.4 is 21.3 Å². The Hall–Kier alpha value is -3.26. The Bertz CT molecular complexity index is 902. The van der Waals surface area contributed by atoms with Crippen LogP contribution in [0.4, 0.5) is 10.1 Å². The second-order valence-electron chi connectivity index (χ2n) is 7.36. The fourth-order valence-electron chi connectivity index (χ4n) is 3.19. The summed E-state index contributed by atoms with van der Waals surface area (Å²) >= 11 is 0. The van der Waals surface area contributed by atoms with Crippen molar-refractivity contribution in [1.82, 2.24) is 10.6 Å². The number of amides is 3. The molecule has 2 aromatic carbocycles. The number of benzene rings is 2. The van der Waals surface area contributed by atoms with E-state index in [0.29, 0.717) is 18.5 Å². The monoisotopic (exact) mass is 412 g/mol. The molecule has 0 bridgehead atoms. The third-order valence-corrected chi connectivity index (χ3v) is 5.00. The van der Waals surface area contributed by atoms with Gasteiger partial charge in [0, 0.05) is 5.69 Å². The summed E-state index contributed by atoms with van der Waals surface area (Å²) in [4.78, 5) is 38.7. The average Bonchev–Trinajstić information content (AvgIpc) is 2.74. The third kappa shape index (κ3) is 5.21. The van der Waals surface area contributed by atoms with E-state index < -0.39 is 29.9 Å². The van der Waals surface area contributed by atoms with E-state index >= 15 is 0 Å². The molecule has 1 aliphatic rings. The van der Waals surface area contributed by atoms with Gasteiger partial charge in [0.15, 0.2) is 0 Å². The smallest absolute Gasteiger partial charge is 0.251 e. The largest absolute Gasteiger partial charge is 0.343 e. The molecular weight excluding hydrogens is 387 g/mol. The van der Waals surface area contributed by atoms with E-state index in [1.165, 1.54) is 36.1 Å². The van der Waals surface area contributed by atoms with Crippen molar-refractivity contribution in [2.45, 2.75) is 37.9 Å². The minimum Gasteiger partial charge on any atom is -0.343 e. The number of halogens is 1. The summed E-state index contributed by atoms with van der Waals surface area (Å²) in [6, 6.07) is 12.9. The molecule has 1 heterocycles. The van der Waals surface area contributed by atoms with Crippen LogP contribution in [-0.4, -0.2) is 42.4 Å². The maximum Gasteiger partial charge on any atom is 0.251 e. The quantitative estimate of drug-likeness (QED) is 0.565. The summed E-state index contributed by atoms with van der Waals surface area (Å²) in [6.45, 7) is 1.82. The number of carbonyl (C=O) groups excluding carboxylic acids is 3. The molecule has 2 unspecified atom stereocenters. The lowest BCUT2D eigenvalue weighted by Gasteiger charge is -2.39. The highest BCUT2D eigenvalue weighted by atomic mass is 19.1. The van der Waals surface area contributed by atoms with Gasteiger partial charge in [-0.2, -0.15) is 0 Å². The van der Waals surface area contributed by atoms with Gasteiger partial charge in [-0.1, -0.05) is 30.3 Å². The van der Waals surface area contributed by atoms with E-state index in [4.69, 9.17) is 5.73 Å². The van der Waals surface area contributed by atoms with Crippen molar-refractivity contribution in [1.29, 1.82) is 0 Å². The van der Waals surface area contributed by atoms with Gasteiger partial charge >= 0.3 is 0 Å². The van der Waals surface area contributed by atoms with Crippen LogP contribution in [0.3, 0.4) is 0 Å². The van der Waals surface area contributed by atoms with Crippen LogP contribution in [0.2, 0.25) is 0 Å². The number of anilines is 1. The number of hydrogen-bond donors (Lipinski definition) is 3. The van der Waals surface area contributed by atoms with E-state index in [2.05, 4.69) is 10.6 Å². The van der Waals surface area contributed by atoms with E-state index in [-0.39, 0.29) is 18.3 Å². The maximum atomic E-state index is 13.1. The molecule has 30 heavy (non-hydrogen) atoms. The number of rotatable bonds is 8. The molecule has 158 valence electrons. The summed E-state index contributed by atoms with van der Waals surface area (Å²) in [7, 11) is 0. The number of nitrogens with zero attached hydrogens (tertiary/aromatic N) is 1. The number of β-lactam (4-membered cyclic amide) rings is 1. The molecule has 7 nitrogen and oxygen atoms in total. The van der Waals surface area contributed by atoms with Crippen molar-refractivity contribution in [3.8, 4) is 0 Å². The number of nitrogens with two attached hydrogens (primary N) is 1. The highest BCUT2D eigenvalue weighted by Gasteiger charge is 2.39. The van der Waals surface area contributed by atoms with Gasteiger partial charge in [0.25, 0.3) is 5.91 Å². The van der Waals surface area contributed by atoms with Crippen molar-refractivity contribution < 1.29 is 18.8 Å². The van der Waals surface area contributed by atoms with Crippen molar-refractivity contribution in [2.24, 2.45) is 5.73 Å². The lowest BCUT2D eigenvalue weighted by atomic mass is 10.0. The Labute approximate surface area is 174 Å². The molecule has 3 amide bonds. The van der Waals surface area contributed by atoms with E-state index in [1.54, 1.807) is 0 Å². The first-order valence-corrected chi connectivity index (χ1v) is 9.82. The minimum absolute atomic E-state index is 0.281. The van der Waals surface area contributed by atoms with Crippen LogP contribution >= 0.6 is 0 Å². The second kappa shape index (κ2) is 9.49. The predicted octanol–water partition coefficient (Wildman–Crippen LogP) is 1.12. The maximum absolute atomic E-state index is 13.1. The first kappa shape index (κ1) is 21.4. The van der Waals surface area contributed by atoms with Crippen LogP contribution in [0.25, 0.3) is 0 Å². The molecule has 4 N–H and O–H groups in total. The molecule has 1 fully saturated rings. The zero-order valence-electron chi connectivity index (χ0n) is 16.7. The minimum atomic E-state index is -0.809. The molecular formula is C22H25FN4O3. The molecule has 2 aromatic rings. The van der Waals surface area contributed by atoms with Gasteiger partial charge in [-0.05, 0) is 49.6 Å². The normalized spacial score (nSPS) is 17.6. The summed E-state index contributed by atoms with van der Waals surface area (Å²) in [5.74, 6) is -1.54. The van der Waals surface area contributed by atoms with Crippen molar-refractivity contribution >= 4 is 23.4 Å². The SMILES string of the molecule is CC(N)C(=O)NC(CCc1ccccc1)C(=O)N[C@@H]1CN(c2ccc(F)cc2)C1=O. The van der Waals surface area contributed by atoms with Crippen LogP contribution in [0.15, 0.2) is 54.6 Å². The highest BCUT2D eigenvalue weighted by Crippen LogP contribution is 2.22. The molecule has 8 heteroatoms. The standard InChI is InChI=1S/C22H25FN4O3/c1-14(24)20(28)25-18(12-7-15-5-3-2-4-6-15)21(29)26-19-13-27(22(19)30)17-10-8-16(23)9-11-17/h2-6,8-11,14,18-19H,7,12-13,24H2,1H3,(H,25,28)(H,26,29)/t14?,18?,19-/m1/s1. The Kier molecular flexibility index (Phi) is 6.79. The van der Waals surface area contributed by atoms with E-state index in [0.717, 1.165) is 5.56 Å². The molecule has 1 saturated heterocycles. The van der Waals surface area contributed by atoms with Gasteiger partial charge in [0.1, 0.15) is 17.9 Å². The highest BCUT2D eigenvalue weighted by molar-refractivity contribution is 6.06. The van der Waals surface area contributed by atoms with Crippen molar-refractivity contribution in [2.75, 3.05) is 11.4 Å². The van der Waals surface area contributed by atoms with Gasteiger partial charge in [0.2, 0.25) is 11.8 Å². The van der Waals surface area contributed by atoms with Crippen LogP contribution in [-0.2, 0) is 20.8 Å². The summed E-state index contributed by atoms with van der Waals surface area (Å²) in [5, 5.41) is 5.36. The average molecular weight is 412 g/mol. The molecule has 0 aromatic heterocycles. The molecule has 0 aliphatic carbocycles. The van der Waals surface area contributed by atoms with E-state index in [9.17, 15) is 18.8 Å². The van der Waals surface area contributed by atoms with Gasteiger partial charge in [-0.3, -0.25) is 14.4 Å². The van der Waals surface area contributed by atoms with Crippen LogP contribution in [0.1, 0.15) is 18.9 Å². The lowest BCUT2D eigenvalue weighted by Crippen LogP contribution is -2.66. The van der Waals surface area contributed by atoms with Gasteiger partial charge in [-0.15, -0.1) is 0 Å². The molecule has 0 radical (unpaired) electrons. The van der Waals surface area contributed by atoms with E-state index in [1.807, 2.05) is 30.3 Å². The van der Waals surface area contributed by atoms with Crippen molar-refractivity contribution in [3.63, 3.8) is 0 Å². The van der Waals surface area contributed by atoms with Gasteiger partial charge < -0.3 is 21.3 Å². The number of carbonyl (C=O) groups is 3. The molecule has 3 atom stereocenters. The van der Waals surface area contributed by atoms with Gasteiger partial charge in [-0.25, -0.2) is 4.39 Å². The zero-order valence-corrected chi connectivity index (χ0v) is 16.7. The topological polar surface area (TPSA) is 105 Å². The fourth-order valence-corrected chi connectivity index (χ4v) is 3.19. The predicted molar refractivity (Wildman–Crippen MR) is 111 cm³/mol. The zero-order chi connectivity index (χ0) is 21.7. The molecule has 3 rings (SSSR count). The summed E-state index contributed by atoms with van der Waals surface area (Å²) in [6.07, 6.45) is 0.954. The summed E-state index contributed by atoms with van der Waals surface area (Å²) < 4.78 is 13.1. The molecule has 0 saturated carbocycles. The van der Waals surface area contributed by atoms with Gasteiger partial charge in [0.05, 0.1) is 12.6 Å².